The summed E-state index contributed by atoms with van der Waals surface area (Å²) in [6, 6.07) is 15.3. The van der Waals surface area contributed by atoms with E-state index in [1.165, 1.54) is 28.7 Å². The molecule has 0 unspecified atom stereocenters. The minimum Gasteiger partial charge on any atom is -0.321 e. The first kappa shape index (κ1) is 22.9. The van der Waals surface area contributed by atoms with Gasteiger partial charge in [0.15, 0.2) is 0 Å². The number of anilines is 1. The normalized spacial score (nSPS) is 11.8. The number of pyridine rings is 1. The largest absolute Gasteiger partial charge is 0.321 e. The first-order chi connectivity index (χ1) is 15.8. The quantitative estimate of drug-likeness (QED) is 0.421. The van der Waals surface area contributed by atoms with Gasteiger partial charge in [-0.2, -0.15) is 4.31 Å². The van der Waals surface area contributed by atoms with Crippen molar-refractivity contribution in [3.63, 3.8) is 0 Å². The molecule has 0 atom stereocenters. The van der Waals surface area contributed by atoms with Crippen molar-refractivity contribution in [2.24, 2.45) is 0 Å². The third-order valence-corrected chi connectivity index (χ3v) is 7.61. The molecule has 170 valence electrons. The van der Waals surface area contributed by atoms with E-state index in [9.17, 15) is 13.2 Å². The molecule has 4 rings (SSSR count). The number of halogens is 1. The van der Waals surface area contributed by atoms with Gasteiger partial charge in [-0.05, 0) is 42.5 Å². The molecule has 10 heteroatoms. The number of amides is 1. The molecule has 8 nitrogen and oxygen atoms in total. The molecular formula is C23H22ClN5O3S. The van der Waals surface area contributed by atoms with Gasteiger partial charge in [-0.1, -0.05) is 37.6 Å². The Morgan fingerprint density at radius 2 is 1.82 bits per heavy atom. The molecule has 0 aliphatic carbocycles. The van der Waals surface area contributed by atoms with Crippen LogP contribution >= 0.6 is 11.6 Å². The molecule has 0 fully saturated rings. The van der Waals surface area contributed by atoms with Gasteiger partial charge >= 0.3 is 0 Å². The standard InChI is InChI=1S/C23H22ClN5O3S/c1-3-28(4-2)33(31,32)17-10-11-19(24)18(13-17)23(30)27-16-9-12-22(25-14-16)29-15-26-20-7-5-6-8-21(20)29/h5-15H,3-4H2,1-2H3,(H,27,30). The molecule has 0 bridgehead atoms. The van der Waals surface area contributed by atoms with E-state index in [0.717, 1.165) is 11.0 Å². The van der Waals surface area contributed by atoms with E-state index in [1.54, 1.807) is 32.3 Å². The van der Waals surface area contributed by atoms with Gasteiger partial charge in [0.2, 0.25) is 10.0 Å². The van der Waals surface area contributed by atoms with Crippen molar-refractivity contribution in [3.8, 4) is 5.82 Å². The van der Waals surface area contributed by atoms with Crippen molar-refractivity contribution in [2.45, 2.75) is 18.7 Å². The fraction of sp³-hybridized carbons (Fsp3) is 0.174. The first-order valence-corrected chi connectivity index (χ1v) is 12.2. The monoisotopic (exact) mass is 483 g/mol. The number of carbonyl (C=O) groups excluding carboxylic acids is 1. The van der Waals surface area contributed by atoms with Crippen molar-refractivity contribution >= 4 is 44.3 Å². The summed E-state index contributed by atoms with van der Waals surface area (Å²) in [4.78, 5) is 21.6. The van der Waals surface area contributed by atoms with Crippen LogP contribution in [0.3, 0.4) is 0 Å². The summed E-state index contributed by atoms with van der Waals surface area (Å²) in [5.74, 6) is 0.117. The smallest absolute Gasteiger partial charge is 0.257 e. The van der Waals surface area contributed by atoms with E-state index in [-0.39, 0.29) is 15.5 Å². The summed E-state index contributed by atoms with van der Waals surface area (Å²) >= 11 is 6.21. The maximum absolute atomic E-state index is 12.9. The third-order valence-electron chi connectivity index (χ3n) is 5.23. The first-order valence-electron chi connectivity index (χ1n) is 10.3. The molecule has 2 heterocycles. The molecular weight excluding hydrogens is 462 g/mol. The van der Waals surface area contributed by atoms with Crippen LogP contribution in [0.1, 0.15) is 24.2 Å². The van der Waals surface area contributed by atoms with Crippen LogP contribution in [0.2, 0.25) is 5.02 Å². The van der Waals surface area contributed by atoms with Gasteiger partial charge in [0.1, 0.15) is 12.1 Å². The minimum absolute atomic E-state index is 0.0150. The Morgan fingerprint density at radius 1 is 1.06 bits per heavy atom. The Bertz CT molecular complexity index is 1410. The maximum Gasteiger partial charge on any atom is 0.257 e. The van der Waals surface area contributed by atoms with E-state index in [0.29, 0.717) is 24.6 Å². The number of benzene rings is 2. The lowest BCUT2D eigenvalue weighted by molar-refractivity contribution is 0.102. The zero-order valence-electron chi connectivity index (χ0n) is 18.1. The Labute approximate surface area is 196 Å². The van der Waals surface area contributed by atoms with Gasteiger partial charge in [-0.25, -0.2) is 18.4 Å². The molecule has 0 spiro atoms. The van der Waals surface area contributed by atoms with Gasteiger partial charge in [0.05, 0.1) is 38.4 Å². The summed E-state index contributed by atoms with van der Waals surface area (Å²) in [6.07, 6.45) is 3.21. The van der Waals surface area contributed by atoms with Crippen molar-refractivity contribution < 1.29 is 13.2 Å². The maximum atomic E-state index is 12.9. The number of fused-ring (bicyclic) bond motifs is 1. The van der Waals surface area contributed by atoms with Crippen molar-refractivity contribution in [1.29, 1.82) is 0 Å². The van der Waals surface area contributed by atoms with Crippen LogP contribution in [-0.2, 0) is 10.0 Å². The zero-order chi connectivity index (χ0) is 23.6. The SMILES string of the molecule is CCN(CC)S(=O)(=O)c1ccc(Cl)c(C(=O)Nc2ccc(-n3cnc4ccccc43)nc2)c1. The van der Waals surface area contributed by atoms with E-state index in [2.05, 4.69) is 15.3 Å². The predicted octanol–water partition coefficient (Wildman–Crippen LogP) is 4.36. The second-order valence-corrected chi connectivity index (χ2v) is 9.54. The van der Waals surface area contributed by atoms with E-state index in [1.807, 2.05) is 28.8 Å². The number of hydrogen-bond acceptors (Lipinski definition) is 5. The molecule has 0 aliphatic rings. The number of sulfonamides is 1. The Morgan fingerprint density at radius 3 is 2.52 bits per heavy atom. The lowest BCUT2D eigenvalue weighted by Crippen LogP contribution is -2.30. The number of rotatable bonds is 7. The second-order valence-electron chi connectivity index (χ2n) is 7.19. The van der Waals surface area contributed by atoms with E-state index < -0.39 is 15.9 Å². The number of carbonyl (C=O) groups is 1. The summed E-state index contributed by atoms with van der Waals surface area (Å²) in [5, 5.41) is 2.88. The molecule has 2 aromatic carbocycles. The lowest BCUT2D eigenvalue weighted by atomic mass is 10.2. The number of hydrogen-bond donors (Lipinski definition) is 1. The van der Waals surface area contributed by atoms with Gasteiger partial charge in [-0.15, -0.1) is 0 Å². The highest BCUT2D eigenvalue weighted by atomic mass is 35.5. The number of nitrogens with zero attached hydrogens (tertiary/aromatic N) is 4. The highest BCUT2D eigenvalue weighted by molar-refractivity contribution is 7.89. The summed E-state index contributed by atoms with van der Waals surface area (Å²) in [6.45, 7) is 4.17. The van der Waals surface area contributed by atoms with Crippen LogP contribution in [0.25, 0.3) is 16.9 Å². The van der Waals surface area contributed by atoms with Crippen molar-refractivity contribution in [2.75, 3.05) is 18.4 Å². The molecule has 1 amide bonds. The van der Waals surface area contributed by atoms with Crippen LogP contribution in [0.15, 0.2) is 72.0 Å². The van der Waals surface area contributed by atoms with Crippen molar-refractivity contribution in [3.05, 3.63) is 77.7 Å². The number of nitrogens with one attached hydrogen (secondary N) is 1. The van der Waals surface area contributed by atoms with Gasteiger partial charge < -0.3 is 5.32 Å². The zero-order valence-corrected chi connectivity index (χ0v) is 19.6. The molecule has 0 aliphatic heterocycles. The number of aromatic nitrogens is 3. The van der Waals surface area contributed by atoms with Crippen LogP contribution in [0.5, 0.6) is 0 Å². The van der Waals surface area contributed by atoms with Crippen LogP contribution in [-0.4, -0.2) is 46.3 Å². The average Bonchev–Trinajstić information content (AvgIpc) is 3.24. The molecule has 4 aromatic rings. The fourth-order valence-corrected chi connectivity index (χ4v) is 5.18. The Hall–Kier alpha value is -3.27. The van der Waals surface area contributed by atoms with E-state index in [4.69, 9.17) is 11.6 Å². The molecule has 0 saturated carbocycles. The summed E-state index contributed by atoms with van der Waals surface area (Å²) in [7, 11) is -3.72. The van der Waals surface area contributed by atoms with E-state index >= 15 is 0 Å². The predicted molar refractivity (Wildman–Crippen MR) is 128 cm³/mol. The molecule has 1 N–H and O–H groups in total. The fourth-order valence-electron chi connectivity index (χ4n) is 3.49. The molecule has 33 heavy (non-hydrogen) atoms. The molecule has 0 radical (unpaired) electrons. The average molecular weight is 484 g/mol. The van der Waals surface area contributed by atoms with Crippen LogP contribution in [0, 0.1) is 0 Å². The van der Waals surface area contributed by atoms with Crippen LogP contribution in [0.4, 0.5) is 5.69 Å². The topological polar surface area (TPSA) is 97.2 Å². The molecule has 2 aromatic heterocycles. The van der Waals surface area contributed by atoms with Gasteiger partial charge in [0, 0.05) is 13.1 Å². The minimum atomic E-state index is -3.72. The second kappa shape index (κ2) is 9.30. The Balaban J connectivity index is 1.57. The lowest BCUT2D eigenvalue weighted by Gasteiger charge is -2.19. The summed E-state index contributed by atoms with van der Waals surface area (Å²) in [5.41, 5.74) is 2.28. The third kappa shape index (κ3) is 4.47. The number of para-hydroxylation sites is 2. The number of imidazole rings is 1. The summed E-state index contributed by atoms with van der Waals surface area (Å²) < 4.78 is 28.8. The highest BCUT2D eigenvalue weighted by Gasteiger charge is 2.24. The van der Waals surface area contributed by atoms with Crippen LogP contribution < -0.4 is 5.32 Å². The molecule has 0 saturated heterocycles. The van der Waals surface area contributed by atoms with Gasteiger partial charge in [-0.3, -0.25) is 9.36 Å². The Kier molecular flexibility index (Phi) is 6.46. The highest BCUT2D eigenvalue weighted by Crippen LogP contribution is 2.24. The van der Waals surface area contributed by atoms with Crippen molar-refractivity contribution in [1.82, 2.24) is 18.8 Å². The van der Waals surface area contributed by atoms with Gasteiger partial charge in [0.25, 0.3) is 5.91 Å².